The maximum atomic E-state index is 9.21. The third-order valence-electron chi connectivity index (χ3n) is 4.06. The molecule has 0 unspecified atom stereocenters. The van der Waals surface area contributed by atoms with Crippen LogP contribution in [-0.4, -0.2) is 49.5 Å². The molecular formula is C17H27NO3. The number of benzene rings is 1. The van der Waals surface area contributed by atoms with Gasteiger partial charge >= 0.3 is 0 Å². The summed E-state index contributed by atoms with van der Waals surface area (Å²) in [7, 11) is 0. The van der Waals surface area contributed by atoms with Crippen LogP contribution in [0.15, 0.2) is 24.3 Å². The Labute approximate surface area is 127 Å². The van der Waals surface area contributed by atoms with E-state index < -0.39 is 0 Å². The van der Waals surface area contributed by atoms with Gasteiger partial charge in [-0.25, -0.2) is 0 Å². The summed E-state index contributed by atoms with van der Waals surface area (Å²) in [5.74, 6) is 1.62. The summed E-state index contributed by atoms with van der Waals surface area (Å²) >= 11 is 0. The molecule has 4 nitrogen and oxygen atoms in total. The number of hydrogen-bond acceptors (Lipinski definition) is 4. The van der Waals surface area contributed by atoms with Crippen molar-refractivity contribution in [1.29, 1.82) is 0 Å². The van der Waals surface area contributed by atoms with Gasteiger partial charge in [0.1, 0.15) is 12.4 Å². The predicted octanol–water partition coefficient (Wildman–Crippen LogP) is 2.31. The molecule has 1 fully saturated rings. The minimum atomic E-state index is 0.00438. The Balaban J connectivity index is 1.54. The van der Waals surface area contributed by atoms with Gasteiger partial charge < -0.3 is 19.5 Å². The van der Waals surface area contributed by atoms with E-state index in [1.807, 2.05) is 24.3 Å². The van der Waals surface area contributed by atoms with Crippen molar-refractivity contribution in [2.45, 2.75) is 26.4 Å². The van der Waals surface area contributed by atoms with Crippen LogP contribution in [0.3, 0.4) is 0 Å². The van der Waals surface area contributed by atoms with Gasteiger partial charge in [0.25, 0.3) is 0 Å². The second-order valence-corrected chi connectivity index (χ2v) is 5.75. The number of rotatable bonds is 8. The van der Waals surface area contributed by atoms with Crippen molar-refractivity contribution in [3.63, 3.8) is 0 Å². The van der Waals surface area contributed by atoms with Crippen LogP contribution in [-0.2, 0) is 11.3 Å². The molecule has 0 radical (unpaired) electrons. The van der Waals surface area contributed by atoms with E-state index in [0.29, 0.717) is 13.2 Å². The van der Waals surface area contributed by atoms with Crippen molar-refractivity contribution in [2.24, 2.45) is 5.92 Å². The van der Waals surface area contributed by atoms with Gasteiger partial charge in [-0.15, -0.1) is 0 Å². The molecule has 4 heteroatoms. The van der Waals surface area contributed by atoms with E-state index >= 15 is 0 Å². The van der Waals surface area contributed by atoms with Gasteiger partial charge in [0.15, 0.2) is 0 Å². The molecule has 21 heavy (non-hydrogen) atoms. The number of aliphatic hydroxyl groups excluding tert-OH is 1. The summed E-state index contributed by atoms with van der Waals surface area (Å²) in [5.41, 5.74) is 0.819. The van der Waals surface area contributed by atoms with Crippen molar-refractivity contribution in [3.8, 4) is 5.75 Å². The smallest absolute Gasteiger partial charge is 0.124 e. The van der Waals surface area contributed by atoms with E-state index in [1.54, 1.807) is 0 Å². The highest BCUT2D eigenvalue weighted by atomic mass is 16.5. The van der Waals surface area contributed by atoms with E-state index in [2.05, 4.69) is 11.8 Å². The molecule has 1 aromatic rings. The molecule has 1 heterocycles. The van der Waals surface area contributed by atoms with Gasteiger partial charge in [-0.3, -0.25) is 0 Å². The Morgan fingerprint density at radius 2 is 1.90 bits per heavy atom. The number of ether oxygens (including phenoxy) is 2. The number of hydrogen-bond donors (Lipinski definition) is 1. The first-order valence-electron chi connectivity index (χ1n) is 7.91. The van der Waals surface area contributed by atoms with Crippen LogP contribution in [0.25, 0.3) is 0 Å². The van der Waals surface area contributed by atoms with Gasteiger partial charge in [-0.05, 0) is 37.9 Å². The average Bonchev–Trinajstić information content (AvgIpc) is 2.53. The van der Waals surface area contributed by atoms with E-state index in [-0.39, 0.29) is 6.61 Å². The molecule has 118 valence electrons. The second kappa shape index (κ2) is 9.03. The molecule has 1 aromatic carbocycles. The number of likely N-dealkylation sites (tertiary alicyclic amines) is 1. The Kier molecular flexibility index (Phi) is 7.00. The quantitative estimate of drug-likeness (QED) is 0.747. The Hall–Kier alpha value is -1.10. The van der Waals surface area contributed by atoms with Crippen LogP contribution < -0.4 is 4.74 Å². The topological polar surface area (TPSA) is 41.9 Å². The van der Waals surface area contributed by atoms with E-state index in [1.165, 1.54) is 25.9 Å². The standard InChI is InChI=1S/C17H27NO3/c1-15-6-8-18(9-7-15)10-11-20-12-13-21-17-5-3-2-4-16(17)14-19/h2-5,15,19H,6-14H2,1H3. The van der Waals surface area contributed by atoms with Crippen molar-refractivity contribution in [1.82, 2.24) is 4.90 Å². The Bertz CT molecular complexity index is 403. The summed E-state index contributed by atoms with van der Waals surface area (Å²) in [5, 5.41) is 9.21. The lowest BCUT2D eigenvalue weighted by Gasteiger charge is -2.29. The highest BCUT2D eigenvalue weighted by molar-refractivity contribution is 5.32. The molecule has 0 saturated carbocycles. The fourth-order valence-electron chi connectivity index (χ4n) is 2.57. The third-order valence-corrected chi connectivity index (χ3v) is 4.06. The first-order chi connectivity index (χ1) is 10.3. The summed E-state index contributed by atoms with van der Waals surface area (Å²) in [4.78, 5) is 2.47. The summed E-state index contributed by atoms with van der Waals surface area (Å²) in [6, 6.07) is 7.55. The van der Waals surface area contributed by atoms with E-state index in [9.17, 15) is 5.11 Å². The van der Waals surface area contributed by atoms with Gasteiger partial charge in [0.2, 0.25) is 0 Å². The molecule has 0 aliphatic carbocycles. The summed E-state index contributed by atoms with van der Waals surface area (Å²) in [6.45, 7) is 7.62. The molecule has 0 aromatic heterocycles. The fraction of sp³-hybridized carbons (Fsp3) is 0.647. The van der Waals surface area contributed by atoms with Crippen LogP contribution in [0.5, 0.6) is 5.75 Å². The Morgan fingerprint density at radius 1 is 1.14 bits per heavy atom. The van der Waals surface area contributed by atoms with Crippen LogP contribution in [0.4, 0.5) is 0 Å². The lowest BCUT2D eigenvalue weighted by molar-refractivity contribution is 0.0704. The lowest BCUT2D eigenvalue weighted by atomic mass is 9.99. The van der Waals surface area contributed by atoms with Crippen LogP contribution in [0.2, 0.25) is 0 Å². The van der Waals surface area contributed by atoms with Gasteiger partial charge in [-0.1, -0.05) is 25.1 Å². The number of piperidine rings is 1. The summed E-state index contributed by atoms with van der Waals surface area (Å²) in [6.07, 6.45) is 2.61. The minimum absolute atomic E-state index is 0.00438. The zero-order valence-corrected chi connectivity index (χ0v) is 13.0. The van der Waals surface area contributed by atoms with Crippen LogP contribution in [0.1, 0.15) is 25.3 Å². The van der Waals surface area contributed by atoms with Crippen LogP contribution in [0, 0.1) is 5.92 Å². The SMILES string of the molecule is CC1CCN(CCOCCOc2ccccc2CO)CC1. The molecular weight excluding hydrogens is 266 g/mol. The molecule has 1 saturated heterocycles. The zero-order chi connectivity index (χ0) is 14.9. The van der Waals surface area contributed by atoms with Crippen LogP contribution >= 0.6 is 0 Å². The molecule has 1 aliphatic heterocycles. The molecule has 0 spiro atoms. The van der Waals surface area contributed by atoms with Crippen molar-refractivity contribution in [2.75, 3.05) is 39.5 Å². The van der Waals surface area contributed by atoms with Crippen molar-refractivity contribution >= 4 is 0 Å². The molecule has 1 aliphatic rings. The fourth-order valence-corrected chi connectivity index (χ4v) is 2.57. The lowest BCUT2D eigenvalue weighted by Crippen LogP contribution is -2.35. The van der Waals surface area contributed by atoms with Gasteiger partial charge in [-0.2, -0.15) is 0 Å². The Morgan fingerprint density at radius 3 is 2.67 bits per heavy atom. The molecule has 1 N–H and O–H groups in total. The predicted molar refractivity (Wildman–Crippen MR) is 83.5 cm³/mol. The monoisotopic (exact) mass is 293 g/mol. The second-order valence-electron chi connectivity index (χ2n) is 5.75. The normalized spacial score (nSPS) is 17.0. The third kappa shape index (κ3) is 5.65. The van der Waals surface area contributed by atoms with Crippen molar-refractivity contribution in [3.05, 3.63) is 29.8 Å². The van der Waals surface area contributed by atoms with Gasteiger partial charge in [0.05, 0.1) is 19.8 Å². The number of nitrogens with zero attached hydrogens (tertiary/aromatic N) is 1. The maximum Gasteiger partial charge on any atom is 0.124 e. The largest absolute Gasteiger partial charge is 0.491 e. The molecule has 0 bridgehead atoms. The van der Waals surface area contributed by atoms with E-state index in [4.69, 9.17) is 9.47 Å². The summed E-state index contributed by atoms with van der Waals surface area (Å²) < 4.78 is 11.3. The number of aliphatic hydroxyl groups is 1. The zero-order valence-electron chi connectivity index (χ0n) is 13.0. The number of para-hydroxylation sites is 1. The highest BCUT2D eigenvalue weighted by Crippen LogP contribution is 2.17. The first-order valence-corrected chi connectivity index (χ1v) is 7.91. The minimum Gasteiger partial charge on any atom is -0.491 e. The average molecular weight is 293 g/mol. The maximum absolute atomic E-state index is 9.21. The highest BCUT2D eigenvalue weighted by Gasteiger charge is 2.14. The van der Waals surface area contributed by atoms with E-state index in [0.717, 1.165) is 30.4 Å². The first kappa shape index (κ1) is 16.3. The van der Waals surface area contributed by atoms with Crippen molar-refractivity contribution < 1.29 is 14.6 Å². The van der Waals surface area contributed by atoms with Gasteiger partial charge in [0, 0.05) is 12.1 Å². The molecule has 0 atom stereocenters. The molecule has 2 rings (SSSR count). The molecule has 0 amide bonds.